The second-order valence-electron chi connectivity index (χ2n) is 13.2. The van der Waals surface area contributed by atoms with Crippen molar-refractivity contribution in [1.82, 2.24) is 30.6 Å². The number of imidazole rings is 1. The smallest absolute Gasteiger partial charge is 0.249 e. The number of H-pyrrole nitrogens is 1. The highest BCUT2D eigenvalue weighted by Gasteiger charge is 2.61. The summed E-state index contributed by atoms with van der Waals surface area (Å²) in [6.07, 6.45) is 3.13. The number of aliphatic hydroxyl groups is 1. The third-order valence-corrected chi connectivity index (χ3v) is 9.40. The van der Waals surface area contributed by atoms with Gasteiger partial charge in [-0.05, 0) is 35.1 Å². The Morgan fingerprint density at radius 1 is 1.08 bits per heavy atom. The van der Waals surface area contributed by atoms with Gasteiger partial charge in [-0.1, -0.05) is 58.0 Å². The van der Waals surface area contributed by atoms with E-state index < -0.39 is 41.6 Å². The van der Waals surface area contributed by atoms with Crippen LogP contribution in [0.5, 0.6) is 5.75 Å². The molecule has 0 radical (unpaired) electrons. The molecular formula is C35H35N7O6. The number of hydrogen-bond acceptors (Lipinski definition) is 10. The van der Waals surface area contributed by atoms with Crippen LogP contribution < -0.4 is 20.7 Å². The number of oxazole rings is 2. The van der Waals surface area contributed by atoms with E-state index in [0.717, 1.165) is 22.4 Å². The number of rotatable bonds is 6. The Morgan fingerprint density at radius 3 is 2.69 bits per heavy atom. The van der Waals surface area contributed by atoms with Crippen LogP contribution in [-0.4, -0.2) is 55.2 Å². The summed E-state index contributed by atoms with van der Waals surface area (Å²) in [6, 6.07) is 12.0. The lowest BCUT2D eigenvalue weighted by Gasteiger charge is -2.29. The molecule has 0 aliphatic carbocycles. The maximum Gasteiger partial charge on any atom is 0.249 e. The fourth-order valence-corrected chi connectivity index (χ4v) is 6.90. The number of aliphatic hydroxyl groups excluding tert-OH is 1. The topological polar surface area (TPSA) is 180 Å². The van der Waals surface area contributed by atoms with Crippen LogP contribution in [0.15, 0.2) is 70.0 Å². The molecule has 2 amide bonds. The summed E-state index contributed by atoms with van der Waals surface area (Å²) < 4.78 is 19.5. The molecule has 0 saturated heterocycles. The number of amides is 2. The average molecular weight is 650 g/mol. The number of para-hydroxylation sites is 1. The second-order valence-corrected chi connectivity index (χ2v) is 13.2. The molecule has 5 aromatic rings. The van der Waals surface area contributed by atoms with Gasteiger partial charge in [0.1, 0.15) is 41.3 Å². The van der Waals surface area contributed by atoms with E-state index in [-0.39, 0.29) is 30.0 Å². The van der Waals surface area contributed by atoms with Gasteiger partial charge in [0.05, 0.1) is 0 Å². The van der Waals surface area contributed by atoms with Gasteiger partial charge in [-0.15, -0.1) is 0 Å². The number of nitrogens with one attached hydrogen (secondary N) is 4. The molecule has 246 valence electrons. The summed E-state index contributed by atoms with van der Waals surface area (Å²) in [6.45, 7) is 7.38. The molecule has 1 spiro atoms. The number of aromatic nitrogens is 4. The van der Waals surface area contributed by atoms with Gasteiger partial charge in [-0.2, -0.15) is 0 Å². The van der Waals surface area contributed by atoms with Crippen molar-refractivity contribution in [2.45, 2.75) is 63.9 Å². The van der Waals surface area contributed by atoms with Crippen molar-refractivity contribution in [3.63, 3.8) is 0 Å². The van der Waals surface area contributed by atoms with Crippen molar-refractivity contribution in [3.8, 4) is 28.9 Å². The Labute approximate surface area is 275 Å². The predicted octanol–water partition coefficient (Wildman–Crippen LogP) is 4.07. The quantitative estimate of drug-likeness (QED) is 0.180. The molecule has 13 heteroatoms. The number of carbonyl (C=O) groups excluding carboxylic acids is 2. The first-order valence-electron chi connectivity index (χ1n) is 16.1. The maximum atomic E-state index is 14.0. The van der Waals surface area contributed by atoms with Crippen molar-refractivity contribution in [2.24, 2.45) is 11.8 Å². The van der Waals surface area contributed by atoms with E-state index in [4.69, 9.17) is 23.5 Å². The van der Waals surface area contributed by atoms with Gasteiger partial charge >= 0.3 is 0 Å². The van der Waals surface area contributed by atoms with Crippen LogP contribution in [0.25, 0.3) is 23.1 Å². The van der Waals surface area contributed by atoms with Crippen LogP contribution in [0.3, 0.4) is 0 Å². The molecule has 0 saturated carbocycles. The highest BCUT2D eigenvalue weighted by atomic mass is 16.5. The van der Waals surface area contributed by atoms with Gasteiger partial charge in [0.15, 0.2) is 23.5 Å². The van der Waals surface area contributed by atoms with Crippen molar-refractivity contribution >= 4 is 17.5 Å². The summed E-state index contributed by atoms with van der Waals surface area (Å²) in [5, 5.41) is 20.0. The zero-order valence-corrected chi connectivity index (χ0v) is 26.8. The predicted molar refractivity (Wildman–Crippen MR) is 173 cm³/mol. The molecule has 3 aliphatic rings. The standard InChI is InChI=1S/C35H35N7O6/c1-16(2)25-33-42-26(32-39-23(15-46-32)29-36-11-12-37-29)28(48-33)35-19-7-5-6-8-21(19)40-34(35)47-24-10-9-18(13-20(24)35)14-22(30(44)41-25)38-31(45)27(43)17(3)4/h5-13,15-17,22,25,27,34,40,43H,14H2,1-4H3,(H,36,37)(H,38,45)(H,41,44)/t22?,25?,27-,34?,35-/m0/s1. The molecule has 6 heterocycles. The first-order valence-corrected chi connectivity index (χ1v) is 16.1. The largest absolute Gasteiger partial charge is 0.469 e. The number of aromatic amines is 1. The number of benzene rings is 2. The zero-order valence-electron chi connectivity index (χ0n) is 26.8. The zero-order chi connectivity index (χ0) is 33.3. The normalized spacial score (nSPS) is 23.0. The molecule has 3 aliphatic heterocycles. The van der Waals surface area contributed by atoms with Gasteiger partial charge in [0.25, 0.3) is 0 Å². The molecule has 5 atom stereocenters. The Kier molecular flexibility index (Phi) is 6.91. The van der Waals surface area contributed by atoms with Crippen LogP contribution in [0.2, 0.25) is 0 Å². The minimum atomic E-state index is -1.28. The van der Waals surface area contributed by atoms with E-state index in [2.05, 4.69) is 25.9 Å². The number of hydrogen-bond donors (Lipinski definition) is 5. The number of fused-ring (bicyclic) bond motifs is 4. The van der Waals surface area contributed by atoms with E-state index in [1.807, 2.05) is 56.3 Å². The van der Waals surface area contributed by atoms with E-state index in [1.54, 1.807) is 26.2 Å². The Balaban J connectivity index is 1.36. The summed E-state index contributed by atoms with van der Waals surface area (Å²) in [7, 11) is 0. The monoisotopic (exact) mass is 649 g/mol. The SMILES string of the molecule is CC(C)C1NC(=O)C(NC(=O)[C@@H](O)C(C)C)Cc2ccc3c(c2)[C@@]2(c4ccccc4NC2O3)c2oc1nc2-c1nc(-c2ncc[nH]2)co1. The number of nitrogens with zero attached hydrogens (tertiary/aromatic N) is 3. The summed E-state index contributed by atoms with van der Waals surface area (Å²) in [5.74, 6) is 0.518. The van der Waals surface area contributed by atoms with Crippen molar-refractivity contribution in [1.29, 1.82) is 0 Å². The van der Waals surface area contributed by atoms with Crippen LogP contribution in [0.1, 0.15) is 62.1 Å². The van der Waals surface area contributed by atoms with E-state index in [1.165, 1.54) is 6.26 Å². The molecule has 0 fully saturated rings. The molecule has 4 bridgehead atoms. The maximum absolute atomic E-state index is 14.0. The van der Waals surface area contributed by atoms with E-state index >= 15 is 0 Å². The van der Waals surface area contributed by atoms with Crippen LogP contribution >= 0.6 is 0 Å². The molecule has 5 N–H and O–H groups in total. The molecule has 48 heavy (non-hydrogen) atoms. The lowest BCUT2D eigenvalue weighted by Crippen LogP contribution is -2.52. The first kappa shape index (κ1) is 29.9. The van der Waals surface area contributed by atoms with Crippen molar-refractivity contribution in [3.05, 3.63) is 89.5 Å². The third kappa shape index (κ3) is 4.52. The van der Waals surface area contributed by atoms with Gasteiger partial charge in [0.2, 0.25) is 23.6 Å². The van der Waals surface area contributed by atoms with Crippen LogP contribution in [-0.2, 0) is 21.4 Å². The highest BCUT2D eigenvalue weighted by Crippen LogP contribution is 2.59. The lowest BCUT2D eigenvalue weighted by atomic mass is 9.72. The number of carbonyl (C=O) groups is 2. The number of ether oxygens (including phenoxy) is 1. The highest BCUT2D eigenvalue weighted by molar-refractivity contribution is 5.90. The summed E-state index contributed by atoms with van der Waals surface area (Å²) in [5.41, 5.74) is 3.19. The lowest BCUT2D eigenvalue weighted by molar-refractivity contribution is -0.135. The second kappa shape index (κ2) is 11.1. The van der Waals surface area contributed by atoms with Gasteiger partial charge in [-0.3, -0.25) is 9.59 Å². The summed E-state index contributed by atoms with van der Waals surface area (Å²) >= 11 is 0. The third-order valence-electron chi connectivity index (χ3n) is 9.40. The summed E-state index contributed by atoms with van der Waals surface area (Å²) in [4.78, 5) is 44.2. The fourth-order valence-electron chi connectivity index (χ4n) is 6.90. The van der Waals surface area contributed by atoms with Crippen molar-refractivity contribution < 1.29 is 28.3 Å². The number of anilines is 1. The van der Waals surface area contributed by atoms with Gasteiger partial charge in [-0.25, -0.2) is 15.0 Å². The average Bonchev–Trinajstić information content (AvgIpc) is 3.89. The van der Waals surface area contributed by atoms with E-state index in [0.29, 0.717) is 28.7 Å². The first-order chi connectivity index (χ1) is 23.1. The van der Waals surface area contributed by atoms with Crippen LogP contribution in [0.4, 0.5) is 5.69 Å². The van der Waals surface area contributed by atoms with Gasteiger partial charge < -0.3 is 39.6 Å². The van der Waals surface area contributed by atoms with Gasteiger partial charge in [0, 0.05) is 30.1 Å². The fraction of sp³-hybridized carbons (Fsp3) is 0.343. The Hall–Kier alpha value is -5.43. The minimum absolute atomic E-state index is 0.168. The minimum Gasteiger partial charge on any atom is -0.469 e. The van der Waals surface area contributed by atoms with Crippen molar-refractivity contribution in [2.75, 3.05) is 5.32 Å². The van der Waals surface area contributed by atoms with Crippen LogP contribution in [0, 0.1) is 11.8 Å². The van der Waals surface area contributed by atoms with E-state index in [9.17, 15) is 14.7 Å². The molecule has 2 aromatic carbocycles. The molecule has 8 rings (SSSR count). The molecule has 3 unspecified atom stereocenters. The Morgan fingerprint density at radius 2 is 1.92 bits per heavy atom. The Bertz CT molecular complexity index is 2030. The molecule has 13 nitrogen and oxygen atoms in total. The molecular weight excluding hydrogens is 614 g/mol. The molecule has 3 aromatic heterocycles.